The van der Waals surface area contributed by atoms with Crippen LogP contribution in [0.2, 0.25) is 0 Å². The van der Waals surface area contributed by atoms with Gasteiger partial charge in [0.25, 0.3) is 5.91 Å². The Labute approximate surface area is 213 Å². The molecule has 1 amide bonds. The lowest BCUT2D eigenvalue weighted by atomic mass is 10.1. The lowest BCUT2D eigenvalue weighted by Gasteiger charge is -2.11. The van der Waals surface area contributed by atoms with Crippen LogP contribution in [-0.4, -0.2) is 35.7 Å². The van der Waals surface area contributed by atoms with E-state index in [4.69, 9.17) is 14.5 Å². The molecule has 6 nitrogen and oxygen atoms in total. The maximum absolute atomic E-state index is 12.3. The van der Waals surface area contributed by atoms with Crippen LogP contribution in [0.4, 0.5) is 0 Å². The molecule has 0 aliphatic heterocycles. The van der Waals surface area contributed by atoms with Gasteiger partial charge in [0.05, 0.1) is 24.8 Å². The first-order chi connectivity index (χ1) is 17.6. The van der Waals surface area contributed by atoms with E-state index < -0.39 is 0 Å². The van der Waals surface area contributed by atoms with E-state index in [0.29, 0.717) is 13.2 Å². The Balaban J connectivity index is 1.24. The number of amides is 1. The van der Waals surface area contributed by atoms with Gasteiger partial charge >= 0.3 is 0 Å². The van der Waals surface area contributed by atoms with Crippen molar-refractivity contribution in [2.45, 2.75) is 45.6 Å². The van der Waals surface area contributed by atoms with Crippen molar-refractivity contribution in [1.82, 2.24) is 14.9 Å². The maximum atomic E-state index is 12.3. The van der Waals surface area contributed by atoms with E-state index in [1.54, 1.807) is 7.11 Å². The van der Waals surface area contributed by atoms with Gasteiger partial charge in [0.15, 0.2) is 0 Å². The minimum Gasteiger partial charge on any atom is -0.497 e. The average Bonchev–Trinajstić information content (AvgIpc) is 3.25. The lowest BCUT2D eigenvalue weighted by Crippen LogP contribution is -2.24. The zero-order chi connectivity index (χ0) is 25.2. The average molecular weight is 486 g/mol. The highest BCUT2D eigenvalue weighted by Crippen LogP contribution is 2.21. The first kappa shape index (κ1) is 25.3. The summed E-state index contributed by atoms with van der Waals surface area (Å²) in [5.41, 5.74) is 4.02. The molecule has 1 heterocycles. The molecule has 0 spiro atoms. The number of carbonyl (C=O) groups excluding carboxylic acids is 1. The number of rotatable bonds is 13. The molecule has 1 aromatic heterocycles. The first-order valence-corrected chi connectivity index (χ1v) is 12.7. The van der Waals surface area contributed by atoms with Crippen molar-refractivity contribution in [1.29, 1.82) is 0 Å². The summed E-state index contributed by atoms with van der Waals surface area (Å²) in [5, 5.41) is 3.03. The Morgan fingerprint density at radius 1 is 0.917 bits per heavy atom. The molecule has 0 aliphatic rings. The van der Waals surface area contributed by atoms with Gasteiger partial charge in [-0.25, -0.2) is 4.98 Å². The normalized spacial score (nSPS) is 10.9. The van der Waals surface area contributed by atoms with Gasteiger partial charge in [0, 0.05) is 31.1 Å². The molecular formula is C30H35N3O3. The number of nitrogens with one attached hydrogen (secondary N) is 1. The molecule has 0 aliphatic carbocycles. The molecular weight excluding hydrogens is 450 g/mol. The van der Waals surface area contributed by atoms with Gasteiger partial charge < -0.3 is 19.4 Å². The number of fused-ring (bicyclic) bond motifs is 1. The first-order valence-electron chi connectivity index (χ1n) is 12.7. The molecule has 0 unspecified atom stereocenters. The number of carbonyl (C=O) groups is 1. The number of para-hydroxylation sites is 2. The number of imidazole rings is 1. The molecule has 1 N–H and O–H groups in total. The van der Waals surface area contributed by atoms with Crippen molar-refractivity contribution >= 4 is 16.9 Å². The Hall–Kier alpha value is -3.80. The highest BCUT2D eigenvalue weighted by Gasteiger charge is 2.10. The SMILES string of the molecule is COc1cccc(OCCCn2c(CCCCCNC(=O)c3cccc(C)c3)nc3ccccc32)c1. The smallest absolute Gasteiger partial charge is 0.251 e. The van der Waals surface area contributed by atoms with Gasteiger partial charge in [-0.15, -0.1) is 0 Å². The number of hydrogen-bond donors (Lipinski definition) is 1. The zero-order valence-corrected chi connectivity index (χ0v) is 21.2. The second kappa shape index (κ2) is 12.8. The molecule has 4 rings (SSSR count). The van der Waals surface area contributed by atoms with E-state index in [1.165, 1.54) is 5.52 Å². The zero-order valence-electron chi connectivity index (χ0n) is 21.2. The van der Waals surface area contributed by atoms with Crippen molar-refractivity contribution in [2.24, 2.45) is 0 Å². The van der Waals surface area contributed by atoms with Crippen molar-refractivity contribution in [3.8, 4) is 11.5 Å². The summed E-state index contributed by atoms with van der Waals surface area (Å²) in [6, 6.07) is 23.7. The van der Waals surface area contributed by atoms with E-state index in [0.717, 1.165) is 72.6 Å². The molecule has 188 valence electrons. The fourth-order valence-electron chi connectivity index (χ4n) is 4.34. The predicted molar refractivity (Wildman–Crippen MR) is 144 cm³/mol. The Bertz CT molecular complexity index is 1280. The summed E-state index contributed by atoms with van der Waals surface area (Å²) in [4.78, 5) is 17.2. The summed E-state index contributed by atoms with van der Waals surface area (Å²) in [7, 11) is 1.66. The lowest BCUT2D eigenvalue weighted by molar-refractivity contribution is 0.0953. The molecule has 0 radical (unpaired) electrons. The van der Waals surface area contributed by atoms with Gasteiger partial charge in [0.1, 0.15) is 17.3 Å². The van der Waals surface area contributed by atoms with E-state index >= 15 is 0 Å². The van der Waals surface area contributed by atoms with Crippen LogP contribution in [0.25, 0.3) is 11.0 Å². The third kappa shape index (κ3) is 6.87. The minimum absolute atomic E-state index is 0.00309. The van der Waals surface area contributed by atoms with Gasteiger partial charge in [-0.05, 0) is 62.6 Å². The number of aromatic nitrogens is 2. The predicted octanol–water partition coefficient (Wildman–Crippen LogP) is 5.97. The maximum Gasteiger partial charge on any atom is 0.251 e. The third-order valence-electron chi connectivity index (χ3n) is 6.21. The molecule has 6 heteroatoms. The van der Waals surface area contributed by atoms with E-state index in [1.807, 2.05) is 61.5 Å². The van der Waals surface area contributed by atoms with E-state index in [2.05, 4.69) is 28.1 Å². The Morgan fingerprint density at radius 3 is 2.61 bits per heavy atom. The molecule has 36 heavy (non-hydrogen) atoms. The highest BCUT2D eigenvalue weighted by atomic mass is 16.5. The highest BCUT2D eigenvalue weighted by molar-refractivity contribution is 5.94. The second-order valence-corrected chi connectivity index (χ2v) is 8.99. The molecule has 3 aromatic carbocycles. The summed E-state index contributed by atoms with van der Waals surface area (Å²) in [6.45, 7) is 4.16. The molecule has 0 bridgehead atoms. The Kier molecular flexibility index (Phi) is 8.98. The van der Waals surface area contributed by atoms with Crippen molar-refractivity contribution < 1.29 is 14.3 Å². The van der Waals surface area contributed by atoms with Crippen molar-refractivity contribution in [3.05, 3.63) is 89.7 Å². The van der Waals surface area contributed by atoms with Crippen LogP contribution >= 0.6 is 0 Å². The number of nitrogens with zero attached hydrogens (tertiary/aromatic N) is 2. The number of hydrogen-bond acceptors (Lipinski definition) is 4. The standard InChI is InChI=1S/C30H35N3O3/c1-23-11-8-12-24(21-23)30(34)31-18-7-3-4-17-29-32-27-15-5-6-16-28(27)33(29)19-10-20-36-26-14-9-13-25(22-26)35-2/h5-6,8-9,11-16,21-22H,3-4,7,10,17-20H2,1-2H3,(H,31,34). The van der Waals surface area contributed by atoms with Gasteiger partial charge in [-0.1, -0.05) is 42.3 Å². The van der Waals surface area contributed by atoms with Crippen molar-refractivity contribution in [2.75, 3.05) is 20.3 Å². The molecule has 0 fully saturated rings. The van der Waals surface area contributed by atoms with Crippen LogP contribution < -0.4 is 14.8 Å². The monoisotopic (exact) mass is 485 g/mol. The fraction of sp³-hybridized carbons (Fsp3) is 0.333. The molecule has 4 aromatic rings. The quantitative estimate of drug-likeness (QED) is 0.237. The number of aryl methyl sites for hydroxylation is 3. The topological polar surface area (TPSA) is 65.4 Å². The summed E-state index contributed by atoms with van der Waals surface area (Å²) < 4.78 is 13.5. The van der Waals surface area contributed by atoms with Crippen LogP contribution in [0.1, 0.15) is 47.4 Å². The van der Waals surface area contributed by atoms with Gasteiger partial charge in [-0.2, -0.15) is 0 Å². The molecule has 0 saturated heterocycles. The summed E-state index contributed by atoms with van der Waals surface area (Å²) in [5.74, 6) is 2.72. The third-order valence-corrected chi connectivity index (χ3v) is 6.21. The second-order valence-electron chi connectivity index (χ2n) is 8.99. The van der Waals surface area contributed by atoms with Gasteiger partial charge in [0.2, 0.25) is 0 Å². The fourth-order valence-corrected chi connectivity index (χ4v) is 4.34. The van der Waals surface area contributed by atoms with Crippen LogP contribution in [0.3, 0.4) is 0 Å². The number of ether oxygens (including phenoxy) is 2. The van der Waals surface area contributed by atoms with E-state index in [9.17, 15) is 4.79 Å². The van der Waals surface area contributed by atoms with E-state index in [-0.39, 0.29) is 5.91 Å². The molecule has 0 atom stereocenters. The van der Waals surface area contributed by atoms with Crippen LogP contribution in [0.5, 0.6) is 11.5 Å². The number of unbranched alkanes of at least 4 members (excludes halogenated alkanes) is 2. The van der Waals surface area contributed by atoms with Gasteiger partial charge in [-0.3, -0.25) is 4.79 Å². The van der Waals surface area contributed by atoms with Crippen molar-refractivity contribution in [3.63, 3.8) is 0 Å². The van der Waals surface area contributed by atoms with Crippen LogP contribution in [0.15, 0.2) is 72.8 Å². The Morgan fingerprint density at radius 2 is 1.75 bits per heavy atom. The number of methoxy groups -OCH3 is 1. The molecule has 0 saturated carbocycles. The van der Waals surface area contributed by atoms with Crippen LogP contribution in [-0.2, 0) is 13.0 Å². The largest absolute Gasteiger partial charge is 0.497 e. The summed E-state index contributed by atoms with van der Waals surface area (Å²) in [6.07, 6.45) is 4.82. The minimum atomic E-state index is -0.00309. The number of benzene rings is 3. The summed E-state index contributed by atoms with van der Waals surface area (Å²) >= 11 is 0. The van der Waals surface area contributed by atoms with Crippen LogP contribution in [0, 0.1) is 6.92 Å².